The van der Waals surface area contributed by atoms with Gasteiger partial charge in [-0.2, -0.15) is 9.40 Å². The largest absolute Gasteiger partial charge is 0.365 e. The summed E-state index contributed by atoms with van der Waals surface area (Å²) in [7, 11) is -2.68. The lowest BCUT2D eigenvalue weighted by molar-refractivity contribution is 0.0998. The van der Waals surface area contributed by atoms with Gasteiger partial charge in [-0.15, -0.1) is 0 Å². The minimum Gasteiger partial charge on any atom is -0.365 e. The van der Waals surface area contributed by atoms with Gasteiger partial charge in [-0.1, -0.05) is 6.92 Å². The van der Waals surface area contributed by atoms with E-state index in [0.717, 1.165) is 14.9 Å². The third-order valence-electron chi connectivity index (χ3n) is 2.92. The predicted molar refractivity (Wildman–Crippen MR) is 69.2 cm³/mol. The van der Waals surface area contributed by atoms with Crippen LogP contribution in [0.4, 0.5) is 4.39 Å². The number of amides is 1. The first-order chi connectivity index (χ1) is 9.30. The number of nitrogens with zero attached hydrogens (tertiary/aromatic N) is 3. The van der Waals surface area contributed by atoms with E-state index in [1.165, 1.54) is 19.3 Å². The van der Waals surface area contributed by atoms with E-state index >= 15 is 0 Å². The number of carbonyl (C=O) groups is 1. The number of aromatic nitrogens is 2. The quantitative estimate of drug-likeness (QED) is 0.873. The highest BCUT2D eigenvalue weighted by Crippen LogP contribution is 2.24. The van der Waals surface area contributed by atoms with Crippen LogP contribution in [0.2, 0.25) is 0 Å². The van der Waals surface area contributed by atoms with Crippen molar-refractivity contribution in [3.8, 4) is 0 Å². The zero-order valence-electron chi connectivity index (χ0n) is 10.9. The second-order valence-electron chi connectivity index (χ2n) is 4.11. The number of hydrogen-bond acceptors (Lipinski definition) is 4. The van der Waals surface area contributed by atoms with Gasteiger partial charge in [-0.05, 0) is 12.1 Å². The number of hydrogen-bond donors (Lipinski definition) is 1. The Morgan fingerprint density at radius 2 is 2.20 bits per heavy atom. The third kappa shape index (κ3) is 2.04. The molecule has 0 aliphatic rings. The summed E-state index contributed by atoms with van der Waals surface area (Å²) in [6.07, 6.45) is 1.34. The van der Waals surface area contributed by atoms with Crippen LogP contribution in [0.3, 0.4) is 0 Å². The maximum atomic E-state index is 13.8. The van der Waals surface area contributed by atoms with Crippen molar-refractivity contribution in [3.05, 3.63) is 29.7 Å². The van der Waals surface area contributed by atoms with Gasteiger partial charge >= 0.3 is 0 Å². The van der Waals surface area contributed by atoms with Crippen LogP contribution in [0, 0.1) is 5.82 Å². The van der Waals surface area contributed by atoms with Gasteiger partial charge in [0.25, 0.3) is 15.9 Å². The summed E-state index contributed by atoms with van der Waals surface area (Å²) >= 11 is 0. The van der Waals surface area contributed by atoms with Crippen LogP contribution in [0.1, 0.15) is 17.3 Å². The Labute approximate surface area is 114 Å². The Morgan fingerprint density at radius 1 is 1.55 bits per heavy atom. The van der Waals surface area contributed by atoms with Gasteiger partial charge in [0, 0.05) is 19.8 Å². The maximum absolute atomic E-state index is 13.8. The van der Waals surface area contributed by atoms with Gasteiger partial charge in [-0.25, -0.2) is 17.3 Å². The molecule has 20 heavy (non-hydrogen) atoms. The molecule has 0 radical (unpaired) electrons. The molecule has 7 nitrogen and oxygen atoms in total. The van der Waals surface area contributed by atoms with Gasteiger partial charge in [-0.3, -0.25) is 4.79 Å². The third-order valence-corrected chi connectivity index (χ3v) is 4.77. The standard InChI is InChI=1S/C11H13FN4O3S/c1-3-15(2)20(18,19)11-8(10(13)17)9-7(12)5-4-6-16(9)14-11/h4-6H,3H2,1-2H3,(H2,13,17). The topological polar surface area (TPSA) is 97.8 Å². The molecule has 2 aromatic heterocycles. The Morgan fingerprint density at radius 3 is 2.75 bits per heavy atom. The smallest absolute Gasteiger partial charge is 0.262 e. The number of nitrogens with two attached hydrogens (primary N) is 1. The fraction of sp³-hybridized carbons (Fsp3) is 0.273. The SMILES string of the molecule is CCN(C)S(=O)(=O)c1nn2cccc(F)c2c1C(N)=O. The van der Waals surface area contributed by atoms with Crippen molar-refractivity contribution < 1.29 is 17.6 Å². The van der Waals surface area contributed by atoms with E-state index in [-0.39, 0.29) is 12.1 Å². The normalized spacial score (nSPS) is 12.2. The van der Waals surface area contributed by atoms with Crippen LogP contribution >= 0.6 is 0 Å². The van der Waals surface area contributed by atoms with Crippen molar-refractivity contribution in [1.29, 1.82) is 0 Å². The number of pyridine rings is 1. The molecule has 108 valence electrons. The van der Waals surface area contributed by atoms with Gasteiger partial charge in [0.1, 0.15) is 16.9 Å². The van der Waals surface area contributed by atoms with E-state index < -0.39 is 32.3 Å². The van der Waals surface area contributed by atoms with Crippen LogP contribution in [-0.2, 0) is 10.0 Å². The lowest BCUT2D eigenvalue weighted by Gasteiger charge is -2.13. The van der Waals surface area contributed by atoms with Crippen LogP contribution in [0.5, 0.6) is 0 Å². The molecule has 0 aliphatic carbocycles. The molecule has 0 aromatic carbocycles. The molecule has 0 fully saturated rings. The molecule has 0 saturated heterocycles. The van der Waals surface area contributed by atoms with Crippen molar-refractivity contribution in [2.75, 3.05) is 13.6 Å². The first kappa shape index (κ1) is 14.4. The van der Waals surface area contributed by atoms with Crippen molar-refractivity contribution in [2.45, 2.75) is 11.9 Å². The number of primary amides is 1. The Balaban J connectivity index is 2.88. The van der Waals surface area contributed by atoms with Crippen LogP contribution in [0.15, 0.2) is 23.4 Å². The summed E-state index contributed by atoms with van der Waals surface area (Å²) in [6, 6.07) is 2.45. The second-order valence-corrected chi connectivity index (χ2v) is 6.07. The van der Waals surface area contributed by atoms with Crippen molar-refractivity contribution in [1.82, 2.24) is 13.9 Å². The van der Waals surface area contributed by atoms with E-state index in [9.17, 15) is 17.6 Å². The first-order valence-electron chi connectivity index (χ1n) is 5.73. The molecule has 2 aromatic rings. The number of carbonyl (C=O) groups excluding carboxylic acids is 1. The number of halogens is 1. The molecule has 0 atom stereocenters. The molecule has 9 heteroatoms. The van der Waals surface area contributed by atoms with Crippen molar-refractivity contribution in [3.63, 3.8) is 0 Å². The average molecular weight is 300 g/mol. The average Bonchev–Trinajstić information content (AvgIpc) is 2.79. The van der Waals surface area contributed by atoms with E-state index in [4.69, 9.17) is 5.73 Å². The molecule has 2 N–H and O–H groups in total. The highest BCUT2D eigenvalue weighted by Gasteiger charge is 2.31. The van der Waals surface area contributed by atoms with Gasteiger partial charge in [0.2, 0.25) is 5.03 Å². The summed E-state index contributed by atoms with van der Waals surface area (Å²) in [5, 5.41) is 3.24. The van der Waals surface area contributed by atoms with E-state index in [1.807, 2.05) is 0 Å². The van der Waals surface area contributed by atoms with Crippen LogP contribution < -0.4 is 5.73 Å². The molecule has 0 aliphatic heterocycles. The summed E-state index contributed by atoms with van der Waals surface area (Å²) in [4.78, 5) is 11.5. The van der Waals surface area contributed by atoms with Gasteiger partial charge < -0.3 is 5.73 Å². The molecule has 0 bridgehead atoms. The van der Waals surface area contributed by atoms with Crippen molar-refractivity contribution >= 4 is 21.4 Å². The Bertz CT molecular complexity index is 784. The van der Waals surface area contributed by atoms with Gasteiger partial charge in [0.15, 0.2) is 0 Å². The minimum absolute atomic E-state index is 0.177. The molecule has 0 unspecified atom stereocenters. The van der Waals surface area contributed by atoms with Crippen LogP contribution in [-0.4, -0.2) is 41.8 Å². The minimum atomic E-state index is -4.01. The monoisotopic (exact) mass is 300 g/mol. The summed E-state index contributed by atoms with van der Waals surface area (Å²) in [6.45, 7) is 1.80. The molecular weight excluding hydrogens is 287 g/mol. The highest BCUT2D eigenvalue weighted by atomic mass is 32.2. The zero-order valence-corrected chi connectivity index (χ0v) is 11.7. The second kappa shape index (κ2) is 4.84. The first-order valence-corrected chi connectivity index (χ1v) is 7.17. The van der Waals surface area contributed by atoms with Gasteiger partial charge in [0.05, 0.1) is 0 Å². The summed E-state index contributed by atoms with van der Waals surface area (Å²) < 4.78 is 40.4. The van der Waals surface area contributed by atoms with Crippen LogP contribution in [0.25, 0.3) is 5.52 Å². The molecule has 2 heterocycles. The Kier molecular flexibility index (Phi) is 3.48. The maximum Gasteiger partial charge on any atom is 0.262 e. The van der Waals surface area contributed by atoms with E-state index in [1.54, 1.807) is 6.92 Å². The van der Waals surface area contributed by atoms with Crippen molar-refractivity contribution in [2.24, 2.45) is 5.73 Å². The predicted octanol–water partition coefficient (Wildman–Crippen LogP) is 0.213. The molecule has 0 spiro atoms. The number of rotatable bonds is 4. The lowest BCUT2D eigenvalue weighted by Crippen LogP contribution is -2.29. The molecular formula is C11H13FN4O3S. The molecule has 1 amide bonds. The number of fused-ring (bicyclic) bond motifs is 1. The lowest BCUT2D eigenvalue weighted by atomic mass is 10.2. The summed E-state index contributed by atoms with van der Waals surface area (Å²) in [5.41, 5.74) is 4.50. The Hall–Kier alpha value is -2.00. The summed E-state index contributed by atoms with van der Waals surface area (Å²) in [5.74, 6) is -1.82. The molecule has 2 rings (SSSR count). The highest BCUT2D eigenvalue weighted by molar-refractivity contribution is 7.89. The van der Waals surface area contributed by atoms with E-state index in [2.05, 4.69) is 5.10 Å². The molecule has 0 saturated carbocycles. The number of sulfonamides is 1. The van der Waals surface area contributed by atoms with E-state index in [0.29, 0.717) is 0 Å². The fourth-order valence-corrected chi connectivity index (χ4v) is 3.04. The fourth-order valence-electron chi connectivity index (χ4n) is 1.76. The zero-order chi connectivity index (χ0) is 15.1.